The van der Waals surface area contributed by atoms with Gasteiger partial charge in [0.2, 0.25) is 0 Å². The van der Waals surface area contributed by atoms with E-state index in [9.17, 15) is 9.59 Å². The quantitative estimate of drug-likeness (QED) is 0.542. The standard InChI is InChI=1S/C18H24O4/c1-13(2)17(19)10-9-15-7-5-6-8-16(15)11-14(3)12-22-18(20)21-4/h5-8,13H,3,9-12H2,1-2,4H3. The van der Waals surface area contributed by atoms with Gasteiger partial charge in [0.25, 0.3) is 0 Å². The Morgan fingerprint density at radius 2 is 1.82 bits per heavy atom. The molecule has 0 aliphatic rings. The van der Waals surface area contributed by atoms with Gasteiger partial charge in [-0.2, -0.15) is 0 Å². The SMILES string of the molecule is C=C(COC(=O)OC)Cc1ccccc1CCC(=O)C(C)C. The van der Waals surface area contributed by atoms with Gasteiger partial charge < -0.3 is 9.47 Å². The van der Waals surface area contributed by atoms with E-state index in [0.29, 0.717) is 12.8 Å². The molecule has 22 heavy (non-hydrogen) atoms. The lowest BCUT2D eigenvalue weighted by Gasteiger charge is -2.12. The molecule has 0 aromatic heterocycles. The van der Waals surface area contributed by atoms with Crippen LogP contribution in [-0.4, -0.2) is 25.7 Å². The molecular weight excluding hydrogens is 280 g/mol. The molecule has 1 aromatic carbocycles. The Bertz CT molecular complexity index is 532. The van der Waals surface area contributed by atoms with Crippen LogP contribution in [0, 0.1) is 5.92 Å². The van der Waals surface area contributed by atoms with Crippen molar-refractivity contribution >= 4 is 11.9 Å². The van der Waals surface area contributed by atoms with E-state index in [1.54, 1.807) is 0 Å². The maximum absolute atomic E-state index is 11.8. The smallest absolute Gasteiger partial charge is 0.438 e. The Morgan fingerprint density at radius 1 is 1.18 bits per heavy atom. The van der Waals surface area contributed by atoms with Crippen LogP contribution in [0.25, 0.3) is 0 Å². The summed E-state index contributed by atoms with van der Waals surface area (Å²) in [5.74, 6) is 0.332. The van der Waals surface area contributed by atoms with Gasteiger partial charge >= 0.3 is 6.16 Å². The highest BCUT2D eigenvalue weighted by Crippen LogP contribution is 2.16. The van der Waals surface area contributed by atoms with Crippen molar-refractivity contribution in [3.8, 4) is 0 Å². The van der Waals surface area contributed by atoms with Gasteiger partial charge in [0.15, 0.2) is 0 Å². The number of methoxy groups -OCH3 is 1. The number of rotatable bonds is 8. The van der Waals surface area contributed by atoms with Gasteiger partial charge in [0.1, 0.15) is 12.4 Å². The van der Waals surface area contributed by atoms with Crippen LogP contribution < -0.4 is 0 Å². The molecule has 0 radical (unpaired) electrons. The van der Waals surface area contributed by atoms with Crippen molar-refractivity contribution in [2.75, 3.05) is 13.7 Å². The third-order valence-electron chi connectivity index (χ3n) is 3.40. The Morgan fingerprint density at radius 3 is 2.41 bits per heavy atom. The molecule has 0 amide bonds. The fourth-order valence-electron chi connectivity index (χ4n) is 2.06. The van der Waals surface area contributed by atoms with Crippen molar-refractivity contribution in [1.82, 2.24) is 0 Å². The number of benzene rings is 1. The second kappa shape index (κ2) is 9.03. The third kappa shape index (κ3) is 6.12. The first kappa shape index (κ1) is 18.0. The topological polar surface area (TPSA) is 52.6 Å². The van der Waals surface area contributed by atoms with Crippen molar-refractivity contribution < 1.29 is 19.1 Å². The number of aryl methyl sites for hydroxylation is 1. The van der Waals surface area contributed by atoms with Crippen molar-refractivity contribution in [2.24, 2.45) is 5.92 Å². The first-order valence-corrected chi connectivity index (χ1v) is 7.41. The summed E-state index contributed by atoms with van der Waals surface area (Å²) in [6.45, 7) is 7.89. The van der Waals surface area contributed by atoms with E-state index in [0.717, 1.165) is 23.1 Å². The van der Waals surface area contributed by atoms with Gasteiger partial charge in [-0.1, -0.05) is 44.7 Å². The minimum Gasteiger partial charge on any atom is -0.438 e. The molecule has 1 rings (SSSR count). The van der Waals surface area contributed by atoms with Crippen LogP contribution in [0.4, 0.5) is 4.79 Å². The summed E-state index contributed by atoms with van der Waals surface area (Å²) >= 11 is 0. The molecule has 120 valence electrons. The van der Waals surface area contributed by atoms with Crippen LogP contribution in [0.5, 0.6) is 0 Å². The first-order chi connectivity index (χ1) is 10.4. The predicted molar refractivity (Wildman–Crippen MR) is 85.8 cm³/mol. The lowest BCUT2D eigenvalue weighted by Crippen LogP contribution is -2.10. The molecule has 0 aliphatic heterocycles. The van der Waals surface area contributed by atoms with E-state index in [-0.39, 0.29) is 18.3 Å². The Labute approximate surface area is 132 Å². The highest BCUT2D eigenvalue weighted by molar-refractivity contribution is 5.80. The number of carbonyl (C=O) groups excluding carboxylic acids is 2. The molecule has 1 aromatic rings. The second-order valence-corrected chi connectivity index (χ2v) is 5.56. The fourth-order valence-corrected chi connectivity index (χ4v) is 2.06. The molecule has 0 heterocycles. The number of hydrogen-bond acceptors (Lipinski definition) is 4. The number of Topliss-reactive ketones (excluding diaryl/α,β-unsaturated/α-hetero) is 1. The number of hydrogen-bond donors (Lipinski definition) is 0. The minimum atomic E-state index is -0.711. The molecule has 0 saturated heterocycles. The molecule has 0 atom stereocenters. The van der Waals surface area contributed by atoms with Crippen LogP contribution in [0.2, 0.25) is 0 Å². The number of carbonyl (C=O) groups is 2. The highest BCUT2D eigenvalue weighted by Gasteiger charge is 2.10. The van der Waals surface area contributed by atoms with Crippen LogP contribution in [-0.2, 0) is 27.1 Å². The molecule has 4 heteroatoms. The maximum atomic E-state index is 11.8. The second-order valence-electron chi connectivity index (χ2n) is 5.56. The van der Waals surface area contributed by atoms with Gasteiger partial charge in [0, 0.05) is 12.3 Å². The summed E-state index contributed by atoms with van der Waals surface area (Å²) in [6.07, 6.45) is 1.17. The summed E-state index contributed by atoms with van der Waals surface area (Å²) in [5, 5.41) is 0. The van der Waals surface area contributed by atoms with Crippen molar-refractivity contribution in [3.05, 3.63) is 47.5 Å². The minimum absolute atomic E-state index is 0.0654. The molecule has 0 bridgehead atoms. The van der Waals surface area contributed by atoms with Gasteiger partial charge in [-0.25, -0.2) is 4.79 Å². The van der Waals surface area contributed by atoms with E-state index < -0.39 is 6.16 Å². The lowest BCUT2D eigenvalue weighted by atomic mass is 9.95. The normalized spacial score (nSPS) is 10.4. The maximum Gasteiger partial charge on any atom is 0.508 e. The van der Waals surface area contributed by atoms with Gasteiger partial charge in [-0.15, -0.1) is 0 Å². The Balaban J connectivity index is 2.61. The van der Waals surface area contributed by atoms with Crippen LogP contribution in [0.15, 0.2) is 36.4 Å². The van der Waals surface area contributed by atoms with Crippen molar-refractivity contribution in [3.63, 3.8) is 0 Å². The molecule has 0 unspecified atom stereocenters. The fraction of sp³-hybridized carbons (Fsp3) is 0.444. The van der Waals surface area contributed by atoms with Crippen molar-refractivity contribution in [1.29, 1.82) is 0 Å². The summed E-state index contributed by atoms with van der Waals surface area (Å²) in [6, 6.07) is 7.96. The monoisotopic (exact) mass is 304 g/mol. The molecule has 0 saturated carbocycles. The highest BCUT2D eigenvalue weighted by atomic mass is 16.7. The third-order valence-corrected chi connectivity index (χ3v) is 3.40. The van der Waals surface area contributed by atoms with E-state index in [4.69, 9.17) is 4.74 Å². The molecule has 0 N–H and O–H groups in total. The zero-order valence-corrected chi connectivity index (χ0v) is 13.6. The van der Waals surface area contributed by atoms with E-state index >= 15 is 0 Å². The zero-order valence-electron chi connectivity index (χ0n) is 13.6. The van der Waals surface area contributed by atoms with E-state index in [2.05, 4.69) is 11.3 Å². The molecule has 4 nitrogen and oxygen atoms in total. The van der Waals surface area contributed by atoms with Crippen LogP contribution in [0.3, 0.4) is 0 Å². The summed E-state index contributed by atoms with van der Waals surface area (Å²) in [4.78, 5) is 22.7. The largest absolute Gasteiger partial charge is 0.508 e. The predicted octanol–water partition coefficient (Wildman–Crippen LogP) is 3.73. The summed E-state index contributed by atoms with van der Waals surface area (Å²) in [5.41, 5.74) is 3.03. The van der Waals surface area contributed by atoms with Gasteiger partial charge in [-0.3, -0.25) is 4.79 Å². The van der Waals surface area contributed by atoms with Crippen LogP contribution in [0.1, 0.15) is 31.4 Å². The average Bonchev–Trinajstić information content (AvgIpc) is 2.51. The first-order valence-electron chi connectivity index (χ1n) is 7.41. The molecular formula is C18H24O4. The van der Waals surface area contributed by atoms with E-state index in [1.165, 1.54) is 7.11 Å². The van der Waals surface area contributed by atoms with Gasteiger partial charge in [-0.05, 0) is 29.5 Å². The summed E-state index contributed by atoms with van der Waals surface area (Å²) in [7, 11) is 1.27. The molecule has 0 spiro atoms. The zero-order chi connectivity index (χ0) is 16.5. The lowest BCUT2D eigenvalue weighted by molar-refractivity contribution is -0.121. The average molecular weight is 304 g/mol. The number of ether oxygens (including phenoxy) is 2. The number of ketones is 1. The summed E-state index contributed by atoms with van der Waals surface area (Å²) < 4.78 is 9.30. The van der Waals surface area contributed by atoms with E-state index in [1.807, 2.05) is 38.1 Å². The van der Waals surface area contributed by atoms with Gasteiger partial charge in [0.05, 0.1) is 7.11 Å². The Hall–Kier alpha value is -2.10. The molecule has 0 aliphatic carbocycles. The van der Waals surface area contributed by atoms with Crippen molar-refractivity contribution in [2.45, 2.75) is 33.1 Å². The Kier molecular flexibility index (Phi) is 7.37. The molecule has 0 fully saturated rings. The van der Waals surface area contributed by atoms with Crippen LogP contribution >= 0.6 is 0 Å².